The van der Waals surface area contributed by atoms with Gasteiger partial charge in [0.2, 0.25) is 6.41 Å². The molecule has 1 fully saturated rings. The molecule has 3 aromatic rings. The normalized spacial score (nSPS) is 14.8. The lowest BCUT2D eigenvalue weighted by Gasteiger charge is -2.12. The quantitative estimate of drug-likeness (QED) is 0.570. The van der Waals surface area contributed by atoms with E-state index in [1.165, 1.54) is 30.9 Å². The van der Waals surface area contributed by atoms with Crippen LogP contribution >= 0.6 is 0 Å². The van der Waals surface area contributed by atoms with Gasteiger partial charge in [-0.1, -0.05) is 25.0 Å². The van der Waals surface area contributed by atoms with E-state index in [1.54, 1.807) is 16.8 Å². The van der Waals surface area contributed by atoms with Crippen molar-refractivity contribution in [3.63, 3.8) is 0 Å². The van der Waals surface area contributed by atoms with Gasteiger partial charge < -0.3 is 10.1 Å². The zero-order valence-electron chi connectivity index (χ0n) is 15.9. The third-order valence-corrected chi connectivity index (χ3v) is 5.13. The highest BCUT2D eigenvalue weighted by Gasteiger charge is 2.20. The van der Waals surface area contributed by atoms with Crippen LogP contribution in [0.1, 0.15) is 31.7 Å². The number of hydrogen-bond acceptors (Lipinski definition) is 3. The summed E-state index contributed by atoms with van der Waals surface area (Å²) in [6.45, 7) is 2.08. The van der Waals surface area contributed by atoms with Crippen LogP contribution in [0.3, 0.4) is 0 Å². The minimum atomic E-state index is -0.407. The molecule has 0 spiro atoms. The second kappa shape index (κ2) is 8.00. The zero-order valence-corrected chi connectivity index (χ0v) is 15.9. The highest BCUT2D eigenvalue weighted by atomic mass is 19.1. The fraction of sp³-hybridized carbons (Fsp3) is 0.364. The molecule has 0 unspecified atom stereocenters. The van der Waals surface area contributed by atoms with Crippen LogP contribution in [0.2, 0.25) is 0 Å². The van der Waals surface area contributed by atoms with Crippen molar-refractivity contribution in [1.82, 2.24) is 15.1 Å². The zero-order chi connectivity index (χ0) is 19.5. The van der Waals surface area contributed by atoms with Crippen LogP contribution in [0.15, 0.2) is 42.6 Å². The van der Waals surface area contributed by atoms with Crippen LogP contribution in [0, 0.1) is 11.7 Å². The molecule has 28 heavy (non-hydrogen) atoms. The van der Waals surface area contributed by atoms with E-state index in [0.717, 1.165) is 23.2 Å². The van der Waals surface area contributed by atoms with Crippen LogP contribution < -0.4 is 10.1 Å². The van der Waals surface area contributed by atoms with Crippen molar-refractivity contribution in [3.05, 3.63) is 54.0 Å². The fourth-order valence-electron chi connectivity index (χ4n) is 3.27. The number of halogens is 1. The third kappa shape index (κ3) is 4.32. The van der Waals surface area contributed by atoms with Crippen LogP contribution in [0.5, 0.6) is 5.75 Å². The van der Waals surface area contributed by atoms with Crippen LogP contribution in [0.4, 0.5) is 4.39 Å². The van der Waals surface area contributed by atoms with E-state index < -0.39 is 5.82 Å². The monoisotopic (exact) mass is 381 g/mol. The standard InChI is InChI=1S/C22H24FN3O2/c1-15(24-14-27)13-28-19-8-9-22(20(23)11-19)26-12-18-7-6-17(10-21(18)25-26)5-4-16-2-3-16/h6-12,14-16H,2-5,13H2,1H3,(H,24,27)/t15-/m0/s1. The van der Waals surface area contributed by atoms with Gasteiger partial charge in [-0.2, -0.15) is 5.10 Å². The lowest BCUT2D eigenvalue weighted by atomic mass is 10.1. The SMILES string of the molecule is C[C@@H](COc1ccc(-n2cc3ccc(CCC4CC4)cc3n2)c(F)c1)NC=O. The van der Waals surface area contributed by atoms with Gasteiger partial charge in [0.05, 0.1) is 11.6 Å². The number of benzene rings is 2. The summed E-state index contributed by atoms with van der Waals surface area (Å²) in [5, 5.41) is 8.14. The van der Waals surface area contributed by atoms with E-state index in [9.17, 15) is 9.18 Å². The molecule has 2 aromatic carbocycles. The molecule has 4 rings (SSSR count). The summed E-state index contributed by atoms with van der Waals surface area (Å²) in [5.41, 5.74) is 2.54. The topological polar surface area (TPSA) is 56.1 Å². The van der Waals surface area contributed by atoms with Gasteiger partial charge in [0.1, 0.15) is 18.0 Å². The largest absolute Gasteiger partial charge is 0.491 e. The Bertz CT molecular complexity index is 981. The molecule has 6 heteroatoms. The Hall–Kier alpha value is -2.89. The summed E-state index contributed by atoms with van der Waals surface area (Å²) in [5.74, 6) is 0.912. The average Bonchev–Trinajstić information content (AvgIpc) is 3.42. The Morgan fingerprint density at radius 1 is 1.32 bits per heavy atom. The number of amides is 1. The highest BCUT2D eigenvalue weighted by molar-refractivity contribution is 5.79. The number of aryl methyl sites for hydroxylation is 1. The van der Waals surface area contributed by atoms with Gasteiger partial charge in [0, 0.05) is 17.6 Å². The maximum Gasteiger partial charge on any atom is 0.207 e. The third-order valence-electron chi connectivity index (χ3n) is 5.13. The molecule has 0 radical (unpaired) electrons. The Morgan fingerprint density at radius 3 is 2.93 bits per heavy atom. The number of nitrogens with one attached hydrogen (secondary N) is 1. The van der Waals surface area contributed by atoms with E-state index >= 15 is 0 Å². The summed E-state index contributed by atoms with van der Waals surface area (Å²) in [6.07, 6.45) is 7.51. The number of fused-ring (bicyclic) bond motifs is 1. The van der Waals surface area contributed by atoms with Gasteiger partial charge in [0.15, 0.2) is 5.82 Å². The van der Waals surface area contributed by atoms with E-state index in [-0.39, 0.29) is 12.6 Å². The number of carbonyl (C=O) groups excluding carboxylic acids is 1. The first kappa shape index (κ1) is 18.5. The molecule has 0 bridgehead atoms. The molecule has 146 valence electrons. The molecule has 1 aromatic heterocycles. The van der Waals surface area contributed by atoms with Gasteiger partial charge in [-0.05, 0) is 49.4 Å². The molecule has 1 heterocycles. The summed E-state index contributed by atoms with van der Waals surface area (Å²) in [4.78, 5) is 10.4. The van der Waals surface area contributed by atoms with Gasteiger partial charge in [-0.15, -0.1) is 0 Å². The first-order valence-electron chi connectivity index (χ1n) is 9.73. The summed E-state index contributed by atoms with van der Waals surface area (Å²) in [7, 11) is 0. The van der Waals surface area contributed by atoms with Crippen molar-refractivity contribution in [3.8, 4) is 11.4 Å². The minimum absolute atomic E-state index is 0.147. The fourth-order valence-corrected chi connectivity index (χ4v) is 3.27. The highest BCUT2D eigenvalue weighted by Crippen LogP contribution is 2.33. The molecule has 5 nitrogen and oxygen atoms in total. The van der Waals surface area contributed by atoms with Gasteiger partial charge in [-0.3, -0.25) is 4.79 Å². The second-order valence-electron chi connectivity index (χ2n) is 7.56. The molecule has 1 N–H and O–H groups in total. The second-order valence-corrected chi connectivity index (χ2v) is 7.56. The van der Waals surface area contributed by atoms with E-state index in [1.807, 2.05) is 13.1 Å². The van der Waals surface area contributed by atoms with Crippen molar-refractivity contribution in [1.29, 1.82) is 0 Å². The van der Waals surface area contributed by atoms with E-state index in [2.05, 4.69) is 28.6 Å². The van der Waals surface area contributed by atoms with Crippen molar-refractivity contribution < 1.29 is 13.9 Å². The van der Waals surface area contributed by atoms with Crippen molar-refractivity contribution >= 4 is 17.3 Å². The number of nitrogens with zero attached hydrogens (tertiary/aromatic N) is 2. The molecule has 1 atom stereocenters. The molecule has 1 aliphatic rings. The Morgan fingerprint density at radius 2 is 2.18 bits per heavy atom. The average molecular weight is 381 g/mol. The smallest absolute Gasteiger partial charge is 0.207 e. The predicted octanol–water partition coefficient (Wildman–Crippen LogP) is 4.02. The Balaban J connectivity index is 1.49. The molecular formula is C22H24FN3O2. The number of rotatable bonds is 9. The van der Waals surface area contributed by atoms with Crippen molar-refractivity contribution in [2.75, 3.05) is 6.61 Å². The van der Waals surface area contributed by atoms with Gasteiger partial charge in [0.25, 0.3) is 0 Å². The van der Waals surface area contributed by atoms with Crippen molar-refractivity contribution in [2.45, 2.75) is 38.6 Å². The van der Waals surface area contributed by atoms with Gasteiger partial charge in [-0.25, -0.2) is 9.07 Å². The van der Waals surface area contributed by atoms with Crippen LogP contribution in [-0.4, -0.2) is 28.8 Å². The lowest BCUT2D eigenvalue weighted by Crippen LogP contribution is -2.30. The van der Waals surface area contributed by atoms with Gasteiger partial charge >= 0.3 is 0 Å². The Kier molecular flexibility index (Phi) is 5.28. The maximum absolute atomic E-state index is 14.6. The molecule has 1 aliphatic carbocycles. The lowest BCUT2D eigenvalue weighted by molar-refractivity contribution is -0.110. The van der Waals surface area contributed by atoms with E-state index in [4.69, 9.17) is 4.74 Å². The number of aromatic nitrogens is 2. The van der Waals surface area contributed by atoms with Crippen LogP contribution in [0.25, 0.3) is 16.6 Å². The molecular weight excluding hydrogens is 357 g/mol. The molecule has 1 saturated carbocycles. The minimum Gasteiger partial charge on any atom is -0.491 e. The first-order valence-corrected chi connectivity index (χ1v) is 9.73. The summed E-state index contributed by atoms with van der Waals surface area (Å²) in [6, 6.07) is 10.9. The molecule has 0 saturated heterocycles. The molecule has 1 amide bonds. The van der Waals surface area contributed by atoms with Crippen molar-refractivity contribution in [2.24, 2.45) is 5.92 Å². The molecule has 0 aliphatic heterocycles. The summed E-state index contributed by atoms with van der Waals surface area (Å²) >= 11 is 0. The number of ether oxygens (including phenoxy) is 1. The van der Waals surface area contributed by atoms with Crippen LogP contribution in [-0.2, 0) is 11.2 Å². The first-order chi connectivity index (χ1) is 13.6. The number of hydrogen-bond donors (Lipinski definition) is 1. The Labute approximate surface area is 163 Å². The predicted molar refractivity (Wildman–Crippen MR) is 106 cm³/mol. The van der Waals surface area contributed by atoms with E-state index in [0.29, 0.717) is 17.8 Å². The number of carbonyl (C=O) groups is 1. The maximum atomic E-state index is 14.6. The summed E-state index contributed by atoms with van der Waals surface area (Å²) < 4.78 is 21.7.